The molecule has 0 aliphatic heterocycles. The Kier molecular flexibility index (Phi) is 8.64. The SMILES string of the molecule is CNC(C)C.Cc1cc(NC(=O)Cc2cncc3ccccc23)ccc1-c1cnc(N)c(C=O)c1. The van der Waals surface area contributed by atoms with Gasteiger partial charge >= 0.3 is 0 Å². The van der Waals surface area contributed by atoms with Crippen LogP contribution in [0.3, 0.4) is 0 Å². The van der Waals surface area contributed by atoms with E-state index in [1.165, 1.54) is 0 Å². The Morgan fingerprint density at radius 3 is 2.51 bits per heavy atom. The van der Waals surface area contributed by atoms with Crippen LogP contribution in [0.15, 0.2) is 67.1 Å². The second-order valence-corrected chi connectivity index (χ2v) is 8.53. The maximum Gasteiger partial charge on any atom is 0.228 e. The van der Waals surface area contributed by atoms with Gasteiger partial charge in [-0.3, -0.25) is 14.6 Å². The molecule has 2 aromatic carbocycles. The molecule has 7 heteroatoms. The number of nitrogens with one attached hydrogen (secondary N) is 2. The molecule has 0 atom stereocenters. The van der Waals surface area contributed by atoms with E-state index in [0.29, 0.717) is 23.6 Å². The van der Waals surface area contributed by atoms with Gasteiger partial charge in [-0.25, -0.2) is 4.98 Å². The minimum atomic E-state index is -0.113. The Hall–Kier alpha value is -4.10. The van der Waals surface area contributed by atoms with Crippen LogP contribution in [0.4, 0.5) is 11.5 Å². The van der Waals surface area contributed by atoms with Gasteiger partial charge in [0, 0.05) is 41.3 Å². The number of carbonyl (C=O) groups excluding carboxylic acids is 2. The van der Waals surface area contributed by atoms with Gasteiger partial charge in [0.25, 0.3) is 0 Å². The number of fused-ring (bicyclic) bond motifs is 1. The number of benzene rings is 2. The summed E-state index contributed by atoms with van der Waals surface area (Å²) in [4.78, 5) is 32.1. The average molecular weight is 470 g/mol. The third kappa shape index (κ3) is 6.71. The van der Waals surface area contributed by atoms with Gasteiger partial charge < -0.3 is 16.4 Å². The van der Waals surface area contributed by atoms with Gasteiger partial charge in [0.15, 0.2) is 6.29 Å². The van der Waals surface area contributed by atoms with Crippen LogP contribution in [0.5, 0.6) is 0 Å². The summed E-state index contributed by atoms with van der Waals surface area (Å²) in [5.41, 5.74) is 10.3. The van der Waals surface area contributed by atoms with Gasteiger partial charge in [-0.1, -0.05) is 44.2 Å². The molecule has 0 aliphatic rings. The Labute approximate surface area is 205 Å². The van der Waals surface area contributed by atoms with Crippen molar-refractivity contribution in [1.29, 1.82) is 0 Å². The highest BCUT2D eigenvalue weighted by molar-refractivity contribution is 5.96. The molecule has 4 N–H and O–H groups in total. The molecule has 2 aromatic heterocycles. The highest BCUT2D eigenvalue weighted by Gasteiger charge is 2.11. The maximum absolute atomic E-state index is 12.6. The maximum atomic E-state index is 12.6. The summed E-state index contributed by atoms with van der Waals surface area (Å²) in [5, 5.41) is 8.01. The number of nitrogen functional groups attached to an aromatic ring is 1. The predicted molar refractivity (Wildman–Crippen MR) is 142 cm³/mol. The van der Waals surface area contributed by atoms with E-state index in [1.54, 1.807) is 24.7 Å². The molecule has 1 amide bonds. The third-order valence-electron chi connectivity index (χ3n) is 5.58. The van der Waals surface area contributed by atoms with Crippen molar-refractivity contribution in [1.82, 2.24) is 15.3 Å². The number of amides is 1. The molecule has 0 radical (unpaired) electrons. The smallest absolute Gasteiger partial charge is 0.228 e. The quantitative estimate of drug-likeness (QED) is 0.350. The van der Waals surface area contributed by atoms with E-state index in [4.69, 9.17) is 5.73 Å². The van der Waals surface area contributed by atoms with E-state index in [9.17, 15) is 9.59 Å². The normalized spacial score (nSPS) is 10.5. The van der Waals surface area contributed by atoms with Crippen LogP contribution < -0.4 is 16.4 Å². The van der Waals surface area contributed by atoms with Gasteiger partial charge in [-0.2, -0.15) is 0 Å². The number of nitrogens with two attached hydrogens (primary N) is 1. The number of hydrogen-bond donors (Lipinski definition) is 3. The van der Waals surface area contributed by atoms with Crippen molar-refractivity contribution in [3.05, 3.63) is 83.8 Å². The number of aryl methyl sites for hydroxylation is 1. The molecule has 4 aromatic rings. The van der Waals surface area contributed by atoms with Gasteiger partial charge in [-0.05, 0) is 54.2 Å². The number of carbonyl (C=O) groups is 2. The monoisotopic (exact) mass is 469 g/mol. The van der Waals surface area contributed by atoms with Crippen LogP contribution in [0.25, 0.3) is 21.9 Å². The van der Waals surface area contributed by atoms with Gasteiger partial charge in [-0.15, -0.1) is 0 Å². The lowest BCUT2D eigenvalue weighted by atomic mass is 10.00. The van der Waals surface area contributed by atoms with Crippen LogP contribution in [-0.4, -0.2) is 35.3 Å². The number of aldehydes is 1. The molecule has 0 spiro atoms. The Morgan fingerprint density at radius 2 is 1.83 bits per heavy atom. The first-order valence-corrected chi connectivity index (χ1v) is 11.4. The second-order valence-electron chi connectivity index (χ2n) is 8.53. The van der Waals surface area contributed by atoms with Crippen molar-refractivity contribution in [2.45, 2.75) is 33.2 Å². The fourth-order valence-electron chi connectivity index (χ4n) is 3.50. The molecule has 35 heavy (non-hydrogen) atoms. The van der Waals surface area contributed by atoms with Gasteiger partial charge in [0.05, 0.1) is 12.0 Å². The van der Waals surface area contributed by atoms with Crippen molar-refractivity contribution >= 4 is 34.5 Å². The molecule has 2 heterocycles. The summed E-state index contributed by atoms with van der Waals surface area (Å²) in [5.74, 6) is 0.0934. The van der Waals surface area contributed by atoms with Crippen molar-refractivity contribution in [3.63, 3.8) is 0 Å². The van der Waals surface area contributed by atoms with Crippen LogP contribution in [-0.2, 0) is 11.2 Å². The van der Waals surface area contributed by atoms with Crippen LogP contribution in [0.2, 0.25) is 0 Å². The molecule has 0 saturated heterocycles. The van der Waals surface area contributed by atoms with E-state index < -0.39 is 0 Å². The van der Waals surface area contributed by atoms with Crippen LogP contribution in [0, 0.1) is 6.92 Å². The zero-order chi connectivity index (χ0) is 25.4. The zero-order valence-corrected chi connectivity index (χ0v) is 20.5. The molecule has 0 aliphatic carbocycles. The minimum Gasteiger partial charge on any atom is -0.383 e. The standard InChI is InChI=1S/C24H20N4O2.C4H11N/c1-15-8-20(6-7-21(15)17-9-19(14-29)24(25)27-13-17)28-23(30)10-18-12-26-11-16-4-2-3-5-22(16)18;1-4(2)5-3/h2-9,11-14H,10H2,1H3,(H2,25,27)(H,28,30);4-5H,1-3H3. The lowest BCUT2D eigenvalue weighted by Crippen LogP contribution is -2.15. The lowest BCUT2D eigenvalue weighted by Gasteiger charge is -2.11. The van der Waals surface area contributed by atoms with Crippen LogP contribution in [0.1, 0.15) is 35.3 Å². The van der Waals surface area contributed by atoms with Crippen molar-refractivity contribution in [3.8, 4) is 11.1 Å². The summed E-state index contributed by atoms with van der Waals surface area (Å²) < 4.78 is 0. The van der Waals surface area contributed by atoms with E-state index >= 15 is 0 Å². The summed E-state index contributed by atoms with van der Waals surface area (Å²) >= 11 is 0. The predicted octanol–water partition coefficient (Wildman–Crippen LogP) is 4.80. The summed E-state index contributed by atoms with van der Waals surface area (Å²) in [6, 6.07) is 15.8. The van der Waals surface area contributed by atoms with E-state index in [1.807, 2.05) is 56.4 Å². The highest BCUT2D eigenvalue weighted by atomic mass is 16.1. The van der Waals surface area contributed by atoms with E-state index in [2.05, 4.69) is 34.4 Å². The minimum absolute atomic E-state index is 0.113. The van der Waals surface area contributed by atoms with Crippen molar-refractivity contribution in [2.24, 2.45) is 0 Å². The Balaban J connectivity index is 0.000000623. The molecule has 0 bridgehead atoms. The molecule has 0 fully saturated rings. The number of anilines is 2. The average Bonchev–Trinajstić information content (AvgIpc) is 2.85. The summed E-state index contributed by atoms with van der Waals surface area (Å²) in [7, 11) is 1.95. The molecule has 4 rings (SSSR count). The van der Waals surface area contributed by atoms with Crippen LogP contribution >= 0.6 is 0 Å². The third-order valence-corrected chi connectivity index (χ3v) is 5.58. The Bertz CT molecular complexity index is 1330. The molecular formula is C28H31N5O2. The fourth-order valence-corrected chi connectivity index (χ4v) is 3.50. The molecule has 0 saturated carbocycles. The first-order valence-electron chi connectivity index (χ1n) is 11.4. The lowest BCUT2D eigenvalue weighted by molar-refractivity contribution is -0.115. The fraction of sp³-hybridized carbons (Fsp3) is 0.214. The number of rotatable bonds is 6. The van der Waals surface area contributed by atoms with Crippen molar-refractivity contribution < 1.29 is 9.59 Å². The number of hydrogen-bond acceptors (Lipinski definition) is 6. The molecule has 0 unspecified atom stereocenters. The molecular weight excluding hydrogens is 438 g/mol. The molecule has 180 valence electrons. The number of aromatic nitrogens is 2. The van der Waals surface area contributed by atoms with Gasteiger partial charge in [0.1, 0.15) is 5.82 Å². The number of nitrogens with zero attached hydrogens (tertiary/aromatic N) is 2. The van der Waals surface area contributed by atoms with Crippen molar-refractivity contribution in [2.75, 3.05) is 18.1 Å². The number of pyridine rings is 2. The second kappa shape index (κ2) is 11.9. The van der Waals surface area contributed by atoms with Gasteiger partial charge in [0.2, 0.25) is 5.91 Å². The first kappa shape index (κ1) is 25.5. The summed E-state index contributed by atoms with van der Waals surface area (Å²) in [6.45, 7) is 6.16. The molecule has 7 nitrogen and oxygen atoms in total. The van der Waals surface area contributed by atoms with E-state index in [0.717, 1.165) is 33.0 Å². The van der Waals surface area contributed by atoms with E-state index in [-0.39, 0.29) is 18.1 Å². The largest absolute Gasteiger partial charge is 0.383 e. The topological polar surface area (TPSA) is 110 Å². The summed E-state index contributed by atoms with van der Waals surface area (Å²) in [6.07, 6.45) is 6.09. The first-order chi connectivity index (χ1) is 16.8. The Morgan fingerprint density at radius 1 is 1.09 bits per heavy atom. The highest BCUT2D eigenvalue weighted by Crippen LogP contribution is 2.27. The zero-order valence-electron chi connectivity index (χ0n) is 20.5.